The molecule has 1 amide bonds. The minimum Gasteiger partial charge on any atom is -0.481 e. The number of amides is 1. The van der Waals surface area contributed by atoms with Crippen LogP contribution in [0, 0.1) is 6.92 Å². The zero-order valence-corrected chi connectivity index (χ0v) is 12.4. The van der Waals surface area contributed by atoms with Crippen LogP contribution < -0.4 is 10.2 Å². The number of hydrogen-bond donors (Lipinski definition) is 1. The first-order chi connectivity index (χ1) is 10.1. The summed E-state index contributed by atoms with van der Waals surface area (Å²) in [6.07, 6.45) is 2.26. The summed E-state index contributed by atoms with van der Waals surface area (Å²) in [6, 6.07) is 8.68. The molecule has 0 spiro atoms. The Labute approximate surface area is 127 Å². The molecule has 1 heterocycles. The maximum Gasteiger partial charge on any atom is 0.280 e. The van der Waals surface area contributed by atoms with E-state index in [1.165, 1.54) is 12.5 Å². The van der Waals surface area contributed by atoms with Crippen molar-refractivity contribution in [2.45, 2.75) is 20.0 Å². The second-order valence-corrected chi connectivity index (χ2v) is 4.86. The van der Waals surface area contributed by atoms with Crippen LogP contribution in [0.15, 0.2) is 46.1 Å². The predicted octanol–water partition coefficient (Wildman–Crippen LogP) is 3.16. The Hall–Kier alpha value is -2.27. The highest BCUT2D eigenvalue weighted by atomic mass is 35.5. The summed E-state index contributed by atoms with van der Waals surface area (Å²) in [5.41, 5.74) is 3.25. The second kappa shape index (κ2) is 6.95. The van der Waals surface area contributed by atoms with Gasteiger partial charge in [-0.05, 0) is 49.7 Å². The summed E-state index contributed by atoms with van der Waals surface area (Å²) in [4.78, 5) is 11.8. The zero-order valence-electron chi connectivity index (χ0n) is 11.7. The number of carbonyl (C=O) groups is 1. The van der Waals surface area contributed by atoms with Crippen LogP contribution in [0.2, 0.25) is 5.02 Å². The van der Waals surface area contributed by atoms with Crippen molar-refractivity contribution in [2.75, 3.05) is 0 Å². The number of benzene rings is 1. The van der Waals surface area contributed by atoms with E-state index in [2.05, 4.69) is 10.5 Å². The second-order valence-electron chi connectivity index (χ2n) is 4.42. The van der Waals surface area contributed by atoms with E-state index in [1.54, 1.807) is 37.3 Å². The molecule has 6 heteroatoms. The Balaban J connectivity index is 1.90. The number of nitrogens with zero attached hydrogens (tertiary/aromatic N) is 1. The molecule has 0 fully saturated rings. The third kappa shape index (κ3) is 4.36. The average molecular weight is 307 g/mol. The molecule has 5 nitrogen and oxygen atoms in total. The van der Waals surface area contributed by atoms with Crippen molar-refractivity contribution in [2.24, 2.45) is 5.10 Å². The highest BCUT2D eigenvalue weighted by Gasteiger charge is 2.15. The van der Waals surface area contributed by atoms with Crippen molar-refractivity contribution in [3.05, 3.63) is 52.9 Å². The molecule has 21 heavy (non-hydrogen) atoms. The highest BCUT2D eigenvalue weighted by Crippen LogP contribution is 2.22. The lowest BCUT2D eigenvalue weighted by atomic mass is 10.2. The first-order valence-corrected chi connectivity index (χ1v) is 6.73. The van der Waals surface area contributed by atoms with Crippen LogP contribution in [0.1, 0.15) is 18.2 Å². The van der Waals surface area contributed by atoms with E-state index in [0.717, 1.165) is 5.56 Å². The molecule has 110 valence electrons. The molecule has 2 rings (SSSR count). The SMILES string of the molecule is Cc1cc(Cl)ccc1O[C@H](C)C(=O)NN=Cc1ccco1. The van der Waals surface area contributed by atoms with Crippen LogP contribution in [0.4, 0.5) is 0 Å². The molecule has 1 aromatic heterocycles. The van der Waals surface area contributed by atoms with Crippen molar-refractivity contribution in [1.82, 2.24) is 5.43 Å². The molecular weight excluding hydrogens is 292 g/mol. The van der Waals surface area contributed by atoms with Crippen LogP contribution in [-0.2, 0) is 4.79 Å². The third-order valence-electron chi connectivity index (χ3n) is 2.72. The molecule has 0 unspecified atom stereocenters. The van der Waals surface area contributed by atoms with Gasteiger partial charge in [-0.15, -0.1) is 0 Å². The van der Waals surface area contributed by atoms with Crippen LogP contribution >= 0.6 is 11.6 Å². The van der Waals surface area contributed by atoms with E-state index in [1.807, 2.05) is 6.92 Å². The number of nitrogens with one attached hydrogen (secondary N) is 1. The van der Waals surface area contributed by atoms with Gasteiger partial charge in [0.05, 0.1) is 12.5 Å². The van der Waals surface area contributed by atoms with E-state index in [4.69, 9.17) is 20.8 Å². The summed E-state index contributed by atoms with van der Waals surface area (Å²) in [6.45, 7) is 3.51. The number of hydrogen-bond acceptors (Lipinski definition) is 4. The lowest BCUT2D eigenvalue weighted by Crippen LogP contribution is -2.33. The summed E-state index contributed by atoms with van der Waals surface area (Å²) >= 11 is 5.87. The molecule has 0 aliphatic rings. The van der Waals surface area contributed by atoms with Crippen molar-refractivity contribution in [3.8, 4) is 5.75 Å². The number of hydrazone groups is 1. The van der Waals surface area contributed by atoms with Gasteiger partial charge in [-0.1, -0.05) is 11.6 Å². The van der Waals surface area contributed by atoms with Gasteiger partial charge in [0.15, 0.2) is 6.10 Å². The van der Waals surface area contributed by atoms with Gasteiger partial charge in [-0.2, -0.15) is 5.10 Å². The standard InChI is InChI=1S/C15H15ClN2O3/c1-10-8-12(16)5-6-14(10)21-11(2)15(19)18-17-9-13-4-3-7-20-13/h3-9,11H,1-2H3,(H,18,19)/t11-/m1/s1. The molecular formula is C15H15ClN2O3. The van der Waals surface area contributed by atoms with Gasteiger partial charge in [0, 0.05) is 5.02 Å². The summed E-state index contributed by atoms with van der Waals surface area (Å²) in [7, 11) is 0. The number of halogens is 1. The minimum absolute atomic E-state index is 0.354. The van der Waals surface area contributed by atoms with E-state index in [0.29, 0.717) is 16.5 Å². The average Bonchev–Trinajstić information content (AvgIpc) is 2.95. The Morgan fingerprint density at radius 2 is 2.29 bits per heavy atom. The first kappa shape index (κ1) is 15.1. The Morgan fingerprint density at radius 1 is 1.48 bits per heavy atom. The molecule has 0 radical (unpaired) electrons. The van der Waals surface area contributed by atoms with Crippen LogP contribution in [0.5, 0.6) is 5.75 Å². The first-order valence-electron chi connectivity index (χ1n) is 6.35. The summed E-state index contributed by atoms with van der Waals surface area (Å²) in [5.74, 6) is 0.807. The topological polar surface area (TPSA) is 63.8 Å². The number of aryl methyl sites for hydroxylation is 1. The molecule has 0 aliphatic heterocycles. The molecule has 0 saturated carbocycles. The van der Waals surface area contributed by atoms with E-state index < -0.39 is 6.10 Å². The zero-order chi connectivity index (χ0) is 15.2. The van der Waals surface area contributed by atoms with Crippen LogP contribution in [0.25, 0.3) is 0 Å². The van der Waals surface area contributed by atoms with Crippen molar-refractivity contribution < 1.29 is 13.9 Å². The van der Waals surface area contributed by atoms with E-state index in [9.17, 15) is 4.79 Å². The summed E-state index contributed by atoms with van der Waals surface area (Å²) < 4.78 is 10.6. The summed E-state index contributed by atoms with van der Waals surface area (Å²) in [5, 5.41) is 4.42. The maximum absolute atomic E-state index is 11.8. The molecule has 1 atom stereocenters. The van der Waals surface area contributed by atoms with Crippen LogP contribution in [-0.4, -0.2) is 18.2 Å². The van der Waals surface area contributed by atoms with Crippen molar-refractivity contribution in [1.29, 1.82) is 0 Å². The van der Waals surface area contributed by atoms with Gasteiger partial charge in [-0.25, -0.2) is 5.43 Å². The largest absolute Gasteiger partial charge is 0.481 e. The molecule has 0 saturated heterocycles. The fraction of sp³-hybridized carbons (Fsp3) is 0.200. The van der Waals surface area contributed by atoms with E-state index in [-0.39, 0.29) is 5.91 Å². The third-order valence-corrected chi connectivity index (χ3v) is 2.95. The Morgan fingerprint density at radius 3 is 2.95 bits per heavy atom. The van der Waals surface area contributed by atoms with E-state index >= 15 is 0 Å². The van der Waals surface area contributed by atoms with Crippen molar-refractivity contribution in [3.63, 3.8) is 0 Å². The molecule has 2 aromatic rings. The van der Waals surface area contributed by atoms with Gasteiger partial charge in [0.2, 0.25) is 0 Å². The molecule has 1 N–H and O–H groups in total. The number of furan rings is 1. The molecule has 0 bridgehead atoms. The number of ether oxygens (including phenoxy) is 1. The lowest BCUT2D eigenvalue weighted by Gasteiger charge is -2.14. The highest BCUT2D eigenvalue weighted by molar-refractivity contribution is 6.30. The van der Waals surface area contributed by atoms with Crippen molar-refractivity contribution >= 4 is 23.7 Å². The van der Waals surface area contributed by atoms with Gasteiger partial charge in [-0.3, -0.25) is 4.79 Å². The van der Waals surface area contributed by atoms with Crippen LogP contribution in [0.3, 0.4) is 0 Å². The fourth-order valence-corrected chi connectivity index (χ4v) is 1.83. The van der Waals surface area contributed by atoms with Gasteiger partial charge >= 0.3 is 0 Å². The Kier molecular flexibility index (Phi) is 5.00. The van der Waals surface area contributed by atoms with Gasteiger partial charge in [0.1, 0.15) is 11.5 Å². The number of rotatable bonds is 5. The Bertz CT molecular complexity index is 638. The monoisotopic (exact) mass is 306 g/mol. The number of carbonyl (C=O) groups excluding carboxylic acids is 1. The normalized spacial score (nSPS) is 12.3. The lowest BCUT2D eigenvalue weighted by molar-refractivity contribution is -0.127. The molecule has 1 aromatic carbocycles. The quantitative estimate of drug-likeness (QED) is 0.681. The van der Waals surface area contributed by atoms with Gasteiger partial charge in [0.25, 0.3) is 5.91 Å². The maximum atomic E-state index is 11.8. The molecule has 0 aliphatic carbocycles. The smallest absolute Gasteiger partial charge is 0.280 e. The fourth-order valence-electron chi connectivity index (χ4n) is 1.60. The predicted molar refractivity (Wildman–Crippen MR) is 80.7 cm³/mol. The minimum atomic E-state index is -0.682. The van der Waals surface area contributed by atoms with Gasteiger partial charge < -0.3 is 9.15 Å².